The Hall–Kier alpha value is -2.82. The molecule has 0 saturated carbocycles. The molecule has 0 aliphatic rings. The summed E-state index contributed by atoms with van der Waals surface area (Å²) in [7, 11) is 0. The van der Waals surface area contributed by atoms with Gasteiger partial charge in [-0.1, -0.05) is 12.1 Å². The van der Waals surface area contributed by atoms with Crippen molar-refractivity contribution < 1.29 is 9.53 Å². The number of hydrogen-bond acceptors (Lipinski definition) is 3. The number of aryl methyl sites for hydroxylation is 1. The number of fused-ring (bicyclic) bond motifs is 1. The zero-order valence-electron chi connectivity index (χ0n) is 11.6. The van der Waals surface area contributed by atoms with Crippen LogP contribution in [0.25, 0.3) is 10.9 Å². The number of carbonyl (C=O) groups excluding carboxylic acids is 1. The van der Waals surface area contributed by atoms with Gasteiger partial charge in [0.2, 0.25) is 0 Å². The van der Waals surface area contributed by atoms with E-state index in [9.17, 15) is 4.79 Å². The predicted molar refractivity (Wildman–Crippen MR) is 81.4 cm³/mol. The van der Waals surface area contributed by atoms with Crippen LogP contribution < -0.4 is 10.1 Å². The van der Waals surface area contributed by atoms with Gasteiger partial charge in [-0.3, -0.25) is 9.89 Å². The summed E-state index contributed by atoms with van der Waals surface area (Å²) < 4.78 is 5.46. The van der Waals surface area contributed by atoms with E-state index in [0.717, 1.165) is 16.5 Å². The molecule has 2 N–H and O–H groups in total. The number of aromatic amines is 1. The zero-order chi connectivity index (χ0) is 14.7. The maximum absolute atomic E-state index is 11.9. The maximum atomic E-state index is 11.9. The highest BCUT2D eigenvalue weighted by atomic mass is 16.5. The number of H-pyrrole nitrogens is 1. The Morgan fingerprint density at radius 1 is 1.29 bits per heavy atom. The van der Waals surface area contributed by atoms with E-state index < -0.39 is 0 Å². The number of benzene rings is 2. The Bertz CT molecular complexity index is 780. The lowest BCUT2D eigenvalue weighted by atomic mass is 10.2. The molecule has 3 rings (SSSR count). The van der Waals surface area contributed by atoms with E-state index >= 15 is 0 Å². The molecule has 0 unspecified atom stereocenters. The quantitative estimate of drug-likeness (QED) is 0.772. The van der Waals surface area contributed by atoms with Gasteiger partial charge < -0.3 is 10.1 Å². The molecule has 5 nitrogen and oxygen atoms in total. The van der Waals surface area contributed by atoms with Crippen molar-refractivity contribution in [3.8, 4) is 5.75 Å². The summed E-state index contributed by atoms with van der Waals surface area (Å²) in [5.74, 6) is 0.490. The number of rotatable bonds is 4. The average molecular weight is 281 g/mol. The van der Waals surface area contributed by atoms with E-state index in [1.54, 1.807) is 6.20 Å². The second-order valence-electron chi connectivity index (χ2n) is 4.83. The third-order valence-corrected chi connectivity index (χ3v) is 3.09. The van der Waals surface area contributed by atoms with Crippen LogP contribution in [-0.4, -0.2) is 22.7 Å². The van der Waals surface area contributed by atoms with Gasteiger partial charge in [-0.05, 0) is 42.8 Å². The maximum Gasteiger partial charge on any atom is 0.262 e. The van der Waals surface area contributed by atoms with Gasteiger partial charge in [0, 0.05) is 11.1 Å². The molecule has 3 aromatic rings. The van der Waals surface area contributed by atoms with Crippen molar-refractivity contribution in [1.29, 1.82) is 0 Å². The Kier molecular flexibility index (Phi) is 3.55. The molecule has 1 heterocycles. The number of hydrogen-bond donors (Lipinski definition) is 2. The predicted octanol–water partition coefficient (Wildman–Crippen LogP) is 2.89. The minimum atomic E-state index is -0.199. The van der Waals surface area contributed by atoms with Crippen molar-refractivity contribution in [3.63, 3.8) is 0 Å². The fourth-order valence-electron chi connectivity index (χ4n) is 2.07. The fraction of sp³-hybridized carbons (Fsp3) is 0.125. The highest BCUT2D eigenvalue weighted by molar-refractivity contribution is 5.94. The van der Waals surface area contributed by atoms with Crippen LogP contribution in [0.1, 0.15) is 5.56 Å². The SMILES string of the molecule is Cc1cccc(OCC(=O)Nc2ccc3cn[nH]c3c2)c1. The van der Waals surface area contributed by atoms with Gasteiger partial charge in [0.25, 0.3) is 5.91 Å². The molecule has 0 fully saturated rings. The van der Waals surface area contributed by atoms with Gasteiger partial charge in [-0.25, -0.2) is 0 Å². The van der Waals surface area contributed by atoms with Crippen molar-refractivity contribution >= 4 is 22.5 Å². The molecule has 2 aromatic carbocycles. The molecular weight excluding hydrogens is 266 g/mol. The third-order valence-electron chi connectivity index (χ3n) is 3.09. The highest BCUT2D eigenvalue weighted by Crippen LogP contribution is 2.17. The van der Waals surface area contributed by atoms with Crippen LogP contribution in [0, 0.1) is 6.92 Å². The van der Waals surface area contributed by atoms with Crippen molar-refractivity contribution in [2.24, 2.45) is 0 Å². The minimum Gasteiger partial charge on any atom is -0.484 e. The van der Waals surface area contributed by atoms with Gasteiger partial charge in [-0.15, -0.1) is 0 Å². The molecule has 0 bridgehead atoms. The molecule has 0 saturated heterocycles. The van der Waals surface area contributed by atoms with Gasteiger partial charge in [-0.2, -0.15) is 5.10 Å². The van der Waals surface area contributed by atoms with E-state index in [1.807, 2.05) is 49.4 Å². The Morgan fingerprint density at radius 3 is 3.05 bits per heavy atom. The second kappa shape index (κ2) is 5.66. The van der Waals surface area contributed by atoms with E-state index in [-0.39, 0.29) is 12.5 Å². The summed E-state index contributed by atoms with van der Waals surface area (Å²) in [5.41, 5.74) is 2.69. The first-order valence-corrected chi connectivity index (χ1v) is 6.63. The van der Waals surface area contributed by atoms with Crippen molar-refractivity contribution in [2.75, 3.05) is 11.9 Å². The minimum absolute atomic E-state index is 0.0233. The first-order valence-electron chi connectivity index (χ1n) is 6.63. The van der Waals surface area contributed by atoms with Gasteiger partial charge in [0.05, 0.1) is 11.7 Å². The van der Waals surface area contributed by atoms with Gasteiger partial charge >= 0.3 is 0 Å². The molecule has 5 heteroatoms. The molecule has 0 aliphatic carbocycles. The summed E-state index contributed by atoms with van der Waals surface area (Å²) in [5, 5.41) is 10.6. The van der Waals surface area contributed by atoms with Crippen LogP contribution in [0.15, 0.2) is 48.7 Å². The van der Waals surface area contributed by atoms with Gasteiger partial charge in [0.1, 0.15) is 5.75 Å². The number of anilines is 1. The summed E-state index contributed by atoms with van der Waals surface area (Å²) in [6.07, 6.45) is 1.74. The lowest BCUT2D eigenvalue weighted by molar-refractivity contribution is -0.118. The summed E-state index contributed by atoms with van der Waals surface area (Å²) in [6, 6.07) is 13.2. The van der Waals surface area contributed by atoms with Crippen LogP contribution in [0.3, 0.4) is 0 Å². The first kappa shape index (κ1) is 13.2. The molecule has 0 aliphatic heterocycles. The fourth-order valence-corrected chi connectivity index (χ4v) is 2.07. The lowest BCUT2D eigenvalue weighted by Gasteiger charge is -2.08. The van der Waals surface area contributed by atoms with Gasteiger partial charge in [0.15, 0.2) is 6.61 Å². The summed E-state index contributed by atoms with van der Waals surface area (Å²) in [6.45, 7) is 1.96. The Balaban J connectivity index is 1.60. The zero-order valence-corrected chi connectivity index (χ0v) is 11.6. The van der Waals surface area contributed by atoms with E-state index in [4.69, 9.17) is 4.74 Å². The molecule has 106 valence electrons. The largest absolute Gasteiger partial charge is 0.484 e. The number of nitrogens with one attached hydrogen (secondary N) is 2. The number of aromatic nitrogens is 2. The topological polar surface area (TPSA) is 67.0 Å². The third kappa shape index (κ3) is 3.20. The molecular formula is C16H15N3O2. The molecule has 0 spiro atoms. The number of carbonyl (C=O) groups is 1. The van der Waals surface area contributed by atoms with Crippen LogP contribution in [0.4, 0.5) is 5.69 Å². The van der Waals surface area contributed by atoms with Crippen molar-refractivity contribution in [2.45, 2.75) is 6.92 Å². The molecule has 21 heavy (non-hydrogen) atoms. The number of amides is 1. The first-order chi connectivity index (χ1) is 10.2. The van der Waals surface area contributed by atoms with Crippen LogP contribution in [0.5, 0.6) is 5.75 Å². The molecule has 1 amide bonds. The smallest absolute Gasteiger partial charge is 0.262 e. The van der Waals surface area contributed by atoms with Crippen molar-refractivity contribution in [3.05, 3.63) is 54.2 Å². The summed E-state index contributed by atoms with van der Waals surface area (Å²) in [4.78, 5) is 11.9. The number of ether oxygens (including phenoxy) is 1. The Morgan fingerprint density at radius 2 is 2.19 bits per heavy atom. The number of nitrogens with zero attached hydrogens (tertiary/aromatic N) is 1. The van der Waals surface area contributed by atoms with E-state index in [2.05, 4.69) is 15.5 Å². The van der Waals surface area contributed by atoms with Crippen LogP contribution in [-0.2, 0) is 4.79 Å². The average Bonchev–Trinajstić information content (AvgIpc) is 2.93. The Labute approximate surface area is 121 Å². The van der Waals surface area contributed by atoms with E-state index in [0.29, 0.717) is 11.4 Å². The standard InChI is InChI=1S/C16H15N3O2/c1-11-3-2-4-14(7-11)21-10-16(20)18-13-6-5-12-9-17-19-15(12)8-13/h2-9H,10H2,1H3,(H,17,19)(H,18,20). The van der Waals surface area contributed by atoms with Crippen LogP contribution in [0.2, 0.25) is 0 Å². The highest BCUT2D eigenvalue weighted by Gasteiger charge is 2.05. The normalized spacial score (nSPS) is 10.5. The molecule has 0 radical (unpaired) electrons. The second-order valence-corrected chi connectivity index (χ2v) is 4.83. The van der Waals surface area contributed by atoms with E-state index in [1.165, 1.54) is 0 Å². The monoisotopic (exact) mass is 281 g/mol. The molecule has 0 atom stereocenters. The van der Waals surface area contributed by atoms with Crippen molar-refractivity contribution in [1.82, 2.24) is 10.2 Å². The summed E-state index contributed by atoms with van der Waals surface area (Å²) >= 11 is 0. The lowest BCUT2D eigenvalue weighted by Crippen LogP contribution is -2.20. The molecule has 1 aromatic heterocycles. The van der Waals surface area contributed by atoms with Crippen LogP contribution >= 0.6 is 0 Å².